The van der Waals surface area contributed by atoms with E-state index in [4.69, 9.17) is 38.9 Å². The number of aromatic nitrogens is 5. The maximum Gasteiger partial charge on any atom is 0.177 e. The van der Waals surface area contributed by atoms with Gasteiger partial charge in [0.05, 0.1) is 16.2 Å². The normalized spacial score (nSPS) is 24.7. The summed E-state index contributed by atoms with van der Waals surface area (Å²) in [6.45, 7) is 4.51. The number of fused-ring (bicyclic) bond motifs is 2. The second kappa shape index (κ2) is 7.38. The number of aryl methyl sites for hydroxylation is 1. The molecular formula is C22H21Cl2N7S. The lowest BCUT2D eigenvalue weighted by Gasteiger charge is -2.26. The number of piperidine rings is 1. The molecule has 1 saturated heterocycles. The van der Waals surface area contributed by atoms with Crippen molar-refractivity contribution in [3.8, 4) is 11.3 Å². The zero-order chi connectivity index (χ0) is 22.0. The van der Waals surface area contributed by atoms with E-state index in [0.717, 1.165) is 36.6 Å². The average molecular weight is 486 g/mol. The number of hydrogen-bond donors (Lipinski definition) is 2. The minimum atomic E-state index is 0.00961. The number of aromatic amines is 1. The zero-order valence-corrected chi connectivity index (χ0v) is 19.7. The molecule has 6 rings (SSSR count). The summed E-state index contributed by atoms with van der Waals surface area (Å²) in [6, 6.07) is 5.48. The van der Waals surface area contributed by atoms with E-state index in [9.17, 15) is 0 Å². The SMILES string of the molecule is Cc1csc([C@@]2(CN)[C@@H]3CCN(c4cnc5c(-c6cccc(Cl)c6Cl)n[nH]c5n4)C[C@@H]32)n1. The molecule has 1 aromatic carbocycles. The van der Waals surface area contributed by atoms with Gasteiger partial charge in [-0.05, 0) is 31.2 Å². The fraction of sp³-hybridized carbons (Fsp3) is 0.364. The molecule has 3 N–H and O–H groups in total. The predicted octanol–water partition coefficient (Wildman–Crippen LogP) is 4.44. The van der Waals surface area contributed by atoms with Crippen molar-refractivity contribution < 1.29 is 0 Å². The minimum absolute atomic E-state index is 0.00961. The van der Waals surface area contributed by atoms with Crippen molar-refractivity contribution in [2.45, 2.75) is 18.8 Å². The number of H-pyrrole nitrogens is 1. The number of benzene rings is 1. The van der Waals surface area contributed by atoms with Gasteiger partial charge in [0.25, 0.3) is 0 Å². The lowest BCUT2D eigenvalue weighted by Crippen LogP contribution is -2.32. The molecule has 7 nitrogen and oxygen atoms in total. The molecule has 164 valence electrons. The van der Waals surface area contributed by atoms with E-state index >= 15 is 0 Å². The first kappa shape index (κ1) is 20.4. The van der Waals surface area contributed by atoms with Gasteiger partial charge in [0, 0.05) is 41.7 Å². The standard InChI is InChI=1S/C22H21Cl2N7S/c1-11-9-32-21(27-11)22(10-25)13-5-6-31(8-14(13)22)16-7-26-19-18(29-30-20(19)28-16)12-3-2-4-15(23)17(12)24/h2-4,7,9,13-14H,5-6,8,10,25H2,1H3,(H,28,29,30)/t13-,14+,22+/m1/s1. The molecule has 2 fully saturated rings. The highest BCUT2D eigenvalue weighted by atomic mass is 35.5. The molecule has 1 aliphatic carbocycles. The fourth-order valence-corrected chi connectivity index (χ4v) is 6.81. The van der Waals surface area contributed by atoms with Gasteiger partial charge in [-0.3, -0.25) is 5.10 Å². The van der Waals surface area contributed by atoms with E-state index < -0.39 is 0 Å². The second-order valence-electron chi connectivity index (χ2n) is 8.59. The van der Waals surface area contributed by atoms with Crippen molar-refractivity contribution in [2.75, 3.05) is 24.5 Å². The predicted molar refractivity (Wildman–Crippen MR) is 129 cm³/mol. The van der Waals surface area contributed by atoms with E-state index in [0.29, 0.717) is 45.3 Å². The quantitative estimate of drug-likeness (QED) is 0.443. The first-order valence-corrected chi connectivity index (χ1v) is 12.2. The van der Waals surface area contributed by atoms with E-state index in [2.05, 4.69) is 25.5 Å². The smallest absolute Gasteiger partial charge is 0.177 e. The first-order chi connectivity index (χ1) is 15.5. The third-order valence-corrected chi connectivity index (χ3v) is 8.94. The first-order valence-electron chi connectivity index (χ1n) is 10.6. The van der Waals surface area contributed by atoms with E-state index in [1.54, 1.807) is 17.4 Å². The van der Waals surface area contributed by atoms with Gasteiger partial charge in [0.1, 0.15) is 22.0 Å². The third kappa shape index (κ3) is 2.90. The Bertz CT molecular complexity index is 1340. The van der Waals surface area contributed by atoms with Crippen LogP contribution in [0, 0.1) is 18.8 Å². The number of nitrogens with two attached hydrogens (primary N) is 1. The van der Waals surface area contributed by atoms with Crippen molar-refractivity contribution in [2.24, 2.45) is 17.6 Å². The Labute approximate surface area is 199 Å². The highest BCUT2D eigenvalue weighted by Crippen LogP contribution is 2.63. The number of rotatable bonds is 4. The molecule has 4 heterocycles. The number of nitrogens with one attached hydrogen (secondary N) is 1. The number of nitrogens with zero attached hydrogens (tertiary/aromatic N) is 5. The van der Waals surface area contributed by atoms with Crippen LogP contribution in [0.3, 0.4) is 0 Å². The average Bonchev–Trinajstić information content (AvgIpc) is 3.06. The maximum atomic E-state index is 6.39. The van der Waals surface area contributed by atoms with Crippen LogP contribution >= 0.6 is 34.5 Å². The Morgan fingerprint density at radius 3 is 2.94 bits per heavy atom. The summed E-state index contributed by atoms with van der Waals surface area (Å²) in [6.07, 6.45) is 2.90. The van der Waals surface area contributed by atoms with E-state index in [1.807, 2.05) is 25.3 Å². The van der Waals surface area contributed by atoms with Crippen LogP contribution in [0.5, 0.6) is 0 Å². The second-order valence-corrected chi connectivity index (χ2v) is 10.2. The molecule has 3 aromatic heterocycles. The number of anilines is 1. The summed E-state index contributed by atoms with van der Waals surface area (Å²) in [4.78, 5) is 16.6. The van der Waals surface area contributed by atoms with Crippen LogP contribution in [0.1, 0.15) is 17.1 Å². The lowest BCUT2D eigenvalue weighted by atomic mass is 10.0. The van der Waals surface area contributed by atoms with Gasteiger partial charge in [0.2, 0.25) is 0 Å². The molecule has 1 aliphatic heterocycles. The molecule has 32 heavy (non-hydrogen) atoms. The van der Waals surface area contributed by atoms with Crippen LogP contribution in [0.2, 0.25) is 10.0 Å². The highest BCUT2D eigenvalue weighted by Gasteiger charge is 2.67. The van der Waals surface area contributed by atoms with Crippen LogP contribution in [0.15, 0.2) is 29.8 Å². The van der Waals surface area contributed by atoms with Gasteiger partial charge < -0.3 is 10.6 Å². The number of hydrogen-bond acceptors (Lipinski definition) is 7. The summed E-state index contributed by atoms with van der Waals surface area (Å²) >= 11 is 14.3. The highest BCUT2D eigenvalue weighted by molar-refractivity contribution is 7.09. The molecule has 4 aromatic rings. The molecule has 2 aliphatic rings. The lowest BCUT2D eigenvalue weighted by molar-refractivity contribution is 0.545. The van der Waals surface area contributed by atoms with Crippen molar-refractivity contribution in [3.05, 3.63) is 50.5 Å². The monoisotopic (exact) mass is 485 g/mol. The molecular weight excluding hydrogens is 465 g/mol. The Morgan fingerprint density at radius 1 is 1.28 bits per heavy atom. The van der Waals surface area contributed by atoms with E-state index in [-0.39, 0.29) is 5.41 Å². The molecule has 0 radical (unpaired) electrons. The molecule has 0 amide bonds. The number of thiazole rings is 1. The molecule has 10 heteroatoms. The Hall–Kier alpha value is -2.26. The minimum Gasteiger partial charge on any atom is -0.355 e. The summed E-state index contributed by atoms with van der Waals surface area (Å²) in [7, 11) is 0. The van der Waals surface area contributed by atoms with Crippen molar-refractivity contribution in [3.63, 3.8) is 0 Å². The Balaban J connectivity index is 1.29. The number of halogens is 2. The largest absolute Gasteiger partial charge is 0.355 e. The van der Waals surface area contributed by atoms with Crippen LogP contribution in [-0.2, 0) is 5.41 Å². The molecule has 0 bridgehead atoms. The third-order valence-electron chi connectivity index (χ3n) is 6.97. The van der Waals surface area contributed by atoms with Gasteiger partial charge in [-0.2, -0.15) is 5.10 Å². The zero-order valence-electron chi connectivity index (χ0n) is 17.3. The van der Waals surface area contributed by atoms with Gasteiger partial charge >= 0.3 is 0 Å². The van der Waals surface area contributed by atoms with Gasteiger partial charge in [-0.25, -0.2) is 15.0 Å². The van der Waals surface area contributed by atoms with Crippen LogP contribution in [0.4, 0.5) is 5.82 Å². The molecule has 0 spiro atoms. The van der Waals surface area contributed by atoms with Gasteiger partial charge in [0.15, 0.2) is 5.65 Å². The van der Waals surface area contributed by atoms with Crippen LogP contribution in [-0.4, -0.2) is 44.8 Å². The molecule has 3 atom stereocenters. The summed E-state index contributed by atoms with van der Waals surface area (Å²) in [5, 5.41) is 11.7. The molecule has 0 unspecified atom stereocenters. The topological polar surface area (TPSA) is 96.6 Å². The Kier molecular flexibility index (Phi) is 4.69. The Morgan fingerprint density at radius 2 is 2.16 bits per heavy atom. The summed E-state index contributed by atoms with van der Waals surface area (Å²) < 4.78 is 0. The van der Waals surface area contributed by atoms with Crippen LogP contribution < -0.4 is 10.6 Å². The van der Waals surface area contributed by atoms with Gasteiger partial charge in [-0.15, -0.1) is 11.3 Å². The van der Waals surface area contributed by atoms with Crippen LogP contribution in [0.25, 0.3) is 22.4 Å². The van der Waals surface area contributed by atoms with Crippen molar-refractivity contribution in [1.29, 1.82) is 0 Å². The van der Waals surface area contributed by atoms with Crippen molar-refractivity contribution >= 4 is 51.5 Å². The summed E-state index contributed by atoms with van der Waals surface area (Å²) in [5.74, 6) is 1.93. The van der Waals surface area contributed by atoms with E-state index in [1.165, 1.54) is 5.01 Å². The van der Waals surface area contributed by atoms with Gasteiger partial charge in [-0.1, -0.05) is 35.3 Å². The van der Waals surface area contributed by atoms with Crippen molar-refractivity contribution in [1.82, 2.24) is 25.1 Å². The molecule has 1 saturated carbocycles. The maximum absolute atomic E-state index is 6.39. The summed E-state index contributed by atoms with van der Waals surface area (Å²) in [5.41, 5.74) is 10.1. The fourth-order valence-electron chi connectivity index (χ4n) is 5.28.